The van der Waals surface area contributed by atoms with Gasteiger partial charge in [-0.05, 0) is 25.3 Å². The molecule has 1 aromatic heterocycles. The number of nitrogens with one attached hydrogen (secondary N) is 1. The molecule has 0 fully saturated rings. The highest BCUT2D eigenvalue weighted by Gasteiger charge is 2.38. The minimum atomic E-state index is -1.07. The summed E-state index contributed by atoms with van der Waals surface area (Å²) < 4.78 is 5.11. The van der Waals surface area contributed by atoms with Gasteiger partial charge >= 0.3 is 5.97 Å². The third kappa shape index (κ3) is 2.81. The van der Waals surface area contributed by atoms with Gasteiger partial charge in [0.15, 0.2) is 0 Å². The largest absolute Gasteiger partial charge is 0.480 e. The lowest BCUT2D eigenvalue weighted by Gasteiger charge is -2.31. The smallest absolute Gasteiger partial charge is 0.326 e. The first kappa shape index (κ1) is 13.2. The zero-order valence-electron chi connectivity index (χ0n) is 9.69. The summed E-state index contributed by atoms with van der Waals surface area (Å²) in [5.41, 5.74) is -1.07. The Morgan fingerprint density at radius 1 is 1.75 bits per heavy atom. The highest BCUT2D eigenvalue weighted by Crippen LogP contribution is 2.16. The molecular weight excluding hydrogens is 226 g/mol. The van der Waals surface area contributed by atoms with E-state index in [-0.39, 0.29) is 0 Å². The van der Waals surface area contributed by atoms with Crippen molar-refractivity contribution in [3.63, 3.8) is 0 Å². The van der Waals surface area contributed by atoms with E-state index in [4.69, 9.17) is 4.74 Å². The molecule has 0 aliphatic carbocycles. The third-order valence-electron chi connectivity index (χ3n) is 2.82. The van der Waals surface area contributed by atoms with E-state index in [1.165, 1.54) is 7.11 Å². The van der Waals surface area contributed by atoms with Gasteiger partial charge in [0, 0.05) is 18.5 Å². The molecule has 2 atom stereocenters. The number of thiophene rings is 1. The van der Waals surface area contributed by atoms with Gasteiger partial charge in [-0.25, -0.2) is 0 Å². The van der Waals surface area contributed by atoms with Crippen LogP contribution in [0, 0.1) is 0 Å². The van der Waals surface area contributed by atoms with E-state index in [1.807, 2.05) is 17.5 Å². The van der Waals surface area contributed by atoms with E-state index < -0.39 is 17.6 Å². The van der Waals surface area contributed by atoms with Crippen LogP contribution in [0.4, 0.5) is 0 Å². The van der Waals surface area contributed by atoms with Crippen molar-refractivity contribution in [1.82, 2.24) is 5.32 Å². The molecule has 0 saturated carbocycles. The summed E-state index contributed by atoms with van der Waals surface area (Å²) in [4.78, 5) is 12.3. The SMILES string of the molecule is COC(C)C(C)(NCc1cccs1)C(=O)O. The van der Waals surface area contributed by atoms with Gasteiger partial charge in [0.25, 0.3) is 0 Å². The van der Waals surface area contributed by atoms with Crippen LogP contribution in [0.3, 0.4) is 0 Å². The number of aliphatic carboxylic acids is 1. The Bertz CT molecular complexity index is 339. The van der Waals surface area contributed by atoms with Gasteiger partial charge < -0.3 is 9.84 Å². The van der Waals surface area contributed by atoms with Crippen LogP contribution in [-0.4, -0.2) is 29.8 Å². The van der Waals surface area contributed by atoms with Gasteiger partial charge in [-0.3, -0.25) is 10.1 Å². The molecule has 0 bridgehead atoms. The zero-order chi connectivity index (χ0) is 12.2. The molecule has 2 unspecified atom stereocenters. The number of carbonyl (C=O) groups is 1. The van der Waals surface area contributed by atoms with Gasteiger partial charge in [0.05, 0.1) is 6.10 Å². The van der Waals surface area contributed by atoms with E-state index in [0.717, 1.165) is 4.88 Å². The van der Waals surface area contributed by atoms with E-state index in [1.54, 1.807) is 25.2 Å². The maximum Gasteiger partial charge on any atom is 0.326 e. The van der Waals surface area contributed by atoms with Crippen molar-refractivity contribution in [2.75, 3.05) is 7.11 Å². The molecule has 16 heavy (non-hydrogen) atoms. The predicted octanol–water partition coefficient (Wildman–Crippen LogP) is 1.72. The lowest BCUT2D eigenvalue weighted by Crippen LogP contribution is -2.57. The minimum absolute atomic E-state index is 0.398. The average molecular weight is 243 g/mol. The summed E-state index contributed by atoms with van der Waals surface area (Å²) in [5, 5.41) is 14.2. The summed E-state index contributed by atoms with van der Waals surface area (Å²) in [5.74, 6) is -0.904. The van der Waals surface area contributed by atoms with Gasteiger partial charge in [0.2, 0.25) is 0 Å². The highest BCUT2D eigenvalue weighted by atomic mass is 32.1. The first-order valence-corrected chi connectivity index (χ1v) is 5.92. The molecule has 2 N–H and O–H groups in total. The molecule has 0 aliphatic rings. The number of hydrogen-bond acceptors (Lipinski definition) is 4. The van der Waals surface area contributed by atoms with E-state index in [9.17, 15) is 9.90 Å². The topological polar surface area (TPSA) is 58.6 Å². The summed E-state index contributed by atoms with van der Waals surface area (Å²) >= 11 is 1.60. The molecule has 4 nitrogen and oxygen atoms in total. The molecule has 1 heterocycles. The standard InChI is InChI=1S/C11H17NO3S/c1-8(15-3)11(2,10(13)14)12-7-9-5-4-6-16-9/h4-6,8,12H,7H2,1-3H3,(H,13,14). The number of carboxylic acids is 1. The highest BCUT2D eigenvalue weighted by molar-refractivity contribution is 7.09. The van der Waals surface area contributed by atoms with Crippen molar-refractivity contribution in [3.8, 4) is 0 Å². The number of carboxylic acid groups (broad SMARTS) is 1. The fourth-order valence-corrected chi connectivity index (χ4v) is 1.96. The van der Waals surface area contributed by atoms with Crippen molar-refractivity contribution < 1.29 is 14.6 Å². The fourth-order valence-electron chi connectivity index (χ4n) is 1.31. The van der Waals surface area contributed by atoms with Crippen LogP contribution in [0.5, 0.6) is 0 Å². The molecule has 0 aliphatic heterocycles. The lowest BCUT2D eigenvalue weighted by molar-refractivity contribution is -0.149. The van der Waals surface area contributed by atoms with Crippen LogP contribution in [0.25, 0.3) is 0 Å². The van der Waals surface area contributed by atoms with Gasteiger partial charge in [-0.2, -0.15) is 0 Å². The van der Waals surface area contributed by atoms with Crippen LogP contribution >= 0.6 is 11.3 Å². The van der Waals surface area contributed by atoms with E-state index in [2.05, 4.69) is 5.32 Å². The Morgan fingerprint density at radius 3 is 2.88 bits per heavy atom. The van der Waals surface area contributed by atoms with Crippen LogP contribution in [0.1, 0.15) is 18.7 Å². The minimum Gasteiger partial charge on any atom is -0.480 e. The van der Waals surface area contributed by atoms with Gasteiger partial charge in [-0.15, -0.1) is 11.3 Å². The van der Waals surface area contributed by atoms with Crippen molar-refractivity contribution in [2.24, 2.45) is 0 Å². The maximum atomic E-state index is 11.2. The van der Waals surface area contributed by atoms with Gasteiger partial charge in [-0.1, -0.05) is 6.07 Å². The van der Waals surface area contributed by atoms with Crippen molar-refractivity contribution in [3.05, 3.63) is 22.4 Å². The van der Waals surface area contributed by atoms with Crippen LogP contribution < -0.4 is 5.32 Å². The monoisotopic (exact) mass is 243 g/mol. The molecule has 0 spiro atoms. The second kappa shape index (κ2) is 5.43. The average Bonchev–Trinajstić information content (AvgIpc) is 2.77. The lowest BCUT2D eigenvalue weighted by atomic mass is 9.96. The summed E-state index contributed by atoms with van der Waals surface area (Å²) in [7, 11) is 1.51. The number of hydrogen-bond donors (Lipinski definition) is 2. The molecule has 1 aromatic rings. The predicted molar refractivity (Wildman–Crippen MR) is 63.7 cm³/mol. The molecule has 0 amide bonds. The quantitative estimate of drug-likeness (QED) is 0.798. The molecule has 0 radical (unpaired) electrons. The van der Waals surface area contributed by atoms with Crippen molar-refractivity contribution in [1.29, 1.82) is 0 Å². The summed E-state index contributed by atoms with van der Waals surface area (Å²) in [6, 6.07) is 3.91. The molecule has 0 aromatic carbocycles. The second-order valence-corrected chi connectivity index (χ2v) is 4.85. The third-order valence-corrected chi connectivity index (χ3v) is 3.70. The number of methoxy groups -OCH3 is 1. The fraction of sp³-hybridized carbons (Fsp3) is 0.545. The number of ether oxygens (including phenoxy) is 1. The Labute approximate surface area is 99.2 Å². The molecular formula is C11H17NO3S. The van der Waals surface area contributed by atoms with Crippen molar-refractivity contribution in [2.45, 2.75) is 32.0 Å². The number of rotatable bonds is 6. The van der Waals surface area contributed by atoms with Crippen molar-refractivity contribution >= 4 is 17.3 Å². The molecule has 90 valence electrons. The molecule has 1 rings (SSSR count). The Kier molecular flexibility index (Phi) is 4.46. The Balaban J connectivity index is 2.68. The summed E-state index contributed by atoms with van der Waals surface area (Å²) in [6.45, 7) is 3.92. The van der Waals surface area contributed by atoms with E-state index in [0.29, 0.717) is 6.54 Å². The maximum absolute atomic E-state index is 11.2. The normalized spacial score (nSPS) is 16.7. The van der Waals surface area contributed by atoms with Crippen LogP contribution in [0.2, 0.25) is 0 Å². The van der Waals surface area contributed by atoms with E-state index >= 15 is 0 Å². The first-order valence-electron chi connectivity index (χ1n) is 5.04. The Hall–Kier alpha value is -0.910. The first-order chi connectivity index (χ1) is 7.50. The van der Waals surface area contributed by atoms with Crippen LogP contribution in [-0.2, 0) is 16.1 Å². The van der Waals surface area contributed by atoms with Gasteiger partial charge in [0.1, 0.15) is 5.54 Å². The zero-order valence-corrected chi connectivity index (χ0v) is 10.5. The second-order valence-electron chi connectivity index (χ2n) is 3.82. The Morgan fingerprint density at radius 2 is 2.44 bits per heavy atom. The molecule has 0 saturated heterocycles. The summed E-state index contributed by atoms with van der Waals surface area (Å²) in [6.07, 6.45) is -0.398. The van der Waals surface area contributed by atoms with Crippen LogP contribution in [0.15, 0.2) is 17.5 Å². The molecule has 5 heteroatoms.